The van der Waals surface area contributed by atoms with E-state index in [1.165, 1.54) is 46.1 Å². The molecule has 0 unspecified atom stereocenters. The van der Waals surface area contributed by atoms with Crippen LogP contribution in [0, 0.1) is 20.8 Å². The Balaban J connectivity index is 2.41. The number of aromatic nitrogens is 1. The molecule has 96 valence electrons. The van der Waals surface area contributed by atoms with Gasteiger partial charge in [0, 0.05) is 30.1 Å². The SMILES string of the molecule is Cc1ccc2c(C3(CN)CC3)c(C)n(C)c2c1C. The van der Waals surface area contributed by atoms with E-state index in [9.17, 15) is 0 Å². The van der Waals surface area contributed by atoms with Crippen LogP contribution in [0.15, 0.2) is 12.1 Å². The second-order valence-corrected chi connectivity index (χ2v) is 5.91. The molecule has 1 aromatic heterocycles. The predicted octanol–water partition coefficient (Wildman–Crippen LogP) is 3.09. The van der Waals surface area contributed by atoms with Crippen LogP contribution in [0.5, 0.6) is 0 Å². The number of rotatable bonds is 2. The summed E-state index contributed by atoms with van der Waals surface area (Å²) in [7, 11) is 2.18. The van der Waals surface area contributed by atoms with Crippen molar-refractivity contribution in [3.8, 4) is 0 Å². The highest BCUT2D eigenvalue weighted by Crippen LogP contribution is 2.51. The Hall–Kier alpha value is -1.28. The van der Waals surface area contributed by atoms with Crippen LogP contribution in [0.2, 0.25) is 0 Å². The van der Waals surface area contributed by atoms with Gasteiger partial charge in [0.1, 0.15) is 0 Å². The lowest BCUT2D eigenvalue weighted by atomic mass is 9.92. The standard InChI is InChI=1S/C16H22N2/c1-10-5-6-13-14(16(9-17)7-8-16)12(3)18(4)15(13)11(10)2/h5-6H,7-9,17H2,1-4H3. The molecule has 0 aliphatic heterocycles. The van der Waals surface area contributed by atoms with Crippen LogP contribution < -0.4 is 5.73 Å². The third-order valence-electron chi connectivity index (χ3n) is 4.95. The first-order chi connectivity index (χ1) is 8.52. The van der Waals surface area contributed by atoms with Crippen molar-refractivity contribution in [2.24, 2.45) is 12.8 Å². The monoisotopic (exact) mass is 242 g/mol. The van der Waals surface area contributed by atoms with E-state index in [2.05, 4.69) is 44.5 Å². The summed E-state index contributed by atoms with van der Waals surface area (Å²) in [6.07, 6.45) is 2.49. The zero-order valence-electron chi connectivity index (χ0n) is 11.8. The number of fused-ring (bicyclic) bond motifs is 1. The Bertz CT molecular complexity index is 630. The van der Waals surface area contributed by atoms with Crippen molar-refractivity contribution in [1.82, 2.24) is 4.57 Å². The van der Waals surface area contributed by atoms with E-state index < -0.39 is 0 Å². The highest BCUT2D eigenvalue weighted by molar-refractivity contribution is 5.90. The Morgan fingerprint density at radius 1 is 1.22 bits per heavy atom. The molecule has 1 aliphatic carbocycles. The molecule has 0 bridgehead atoms. The largest absolute Gasteiger partial charge is 0.347 e. The summed E-state index contributed by atoms with van der Waals surface area (Å²) in [5.41, 5.74) is 13.4. The van der Waals surface area contributed by atoms with Crippen molar-refractivity contribution in [1.29, 1.82) is 0 Å². The van der Waals surface area contributed by atoms with Crippen molar-refractivity contribution < 1.29 is 0 Å². The summed E-state index contributed by atoms with van der Waals surface area (Å²) in [6, 6.07) is 4.53. The van der Waals surface area contributed by atoms with Crippen LogP contribution >= 0.6 is 0 Å². The minimum atomic E-state index is 0.269. The first-order valence-electron chi connectivity index (χ1n) is 6.77. The molecule has 0 atom stereocenters. The Kier molecular flexibility index (Phi) is 2.36. The summed E-state index contributed by atoms with van der Waals surface area (Å²) in [6.45, 7) is 7.43. The molecule has 0 saturated heterocycles. The molecule has 1 aromatic carbocycles. The quantitative estimate of drug-likeness (QED) is 0.862. The van der Waals surface area contributed by atoms with Gasteiger partial charge in [-0.3, -0.25) is 0 Å². The lowest BCUT2D eigenvalue weighted by Crippen LogP contribution is -2.20. The first-order valence-corrected chi connectivity index (χ1v) is 6.77. The zero-order chi connectivity index (χ0) is 13.1. The highest BCUT2D eigenvalue weighted by Gasteiger charge is 2.46. The number of nitrogens with zero attached hydrogens (tertiary/aromatic N) is 1. The van der Waals surface area contributed by atoms with Gasteiger partial charge in [-0.2, -0.15) is 0 Å². The maximum Gasteiger partial charge on any atom is 0.0515 e. The normalized spacial score (nSPS) is 17.4. The van der Waals surface area contributed by atoms with E-state index in [0.29, 0.717) is 0 Å². The smallest absolute Gasteiger partial charge is 0.0515 e. The van der Waals surface area contributed by atoms with Crippen molar-refractivity contribution in [3.05, 3.63) is 34.5 Å². The molecule has 2 heteroatoms. The summed E-state index contributed by atoms with van der Waals surface area (Å²) in [4.78, 5) is 0. The minimum absolute atomic E-state index is 0.269. The van der Waals surface area contributed by atoms with Crippen LogP contribution in [0.1, 0.15) is 35.2 Å². The van der Waals surface area contributed by atoms with E-state index in [4.69, 9.17) is 5.73 Å². The molecule has 18 heavy (non-hydrogen) atoms. The van der Waals surface area contributed by atoms with Gasteiger partial charge >= 0.3 is 0 Å². The van der Waals surface area contributed by atoms with Crippen LogP contribution in [0.4, 0.5) is 0 Å². The molecule has 1 aliphatic rings. The molecular weight excluding hydrogens is 220 g/mol. The molecule has 0 amide bonds. The first kappa shape index (κ1) is 11.8. The lowest BCUT2D eigenvalue weighted by Gasteiger charge is -2.13. The number of nitrogens with two attached hydrogens (primary N) is 1. The molecule has 0 spiro atoms. The van der Waals surface area contributed by atoms with Crippen LogP contribution in [-0.2, 0) is 12.5 Å². The van der Waals surface area contributed by atoms with Gasteiger partial charge in [0.15, 0.2) is 0 Å². The van der Waals surface area contributed by atoms with Gasteiger partial charge in [0.25, 0.3) is 0 Å². The third-order valence-corrected chi connectivity index (χ3v) is 4.95. The fourth-order valence-corrected chi connectivity index (χ4v) is 3.34. The minimum Gasteiger partial charge on any atom is -0.347 e. The molecule has 1 saturated carbocycles. The molecular formula is C16H22N2. The van der Waals surface area contributed by atoms with Gasteiger partial charge in [0.05, 0.1) is 5.52 Å². The second-order valence-electron chi connectivity index (χ2n) is 5.91. The van der Waals surface area contributed by atoms with Crippen molar-refractivity contribution >= 4 is 10.9 Å². The number of hydrogen-bond donors (Lipinski definition) is 1. The number of hydrogen-bond acceptors (Lipinski definition) is 1. The Labute approximate surface area is 109 Å². The van der Waals surface area contributed by atoms with Gasteiger partial charge in [-0.1, -0.05) is 12.1 Å². The van der Waals surface area contributed by atoms with Gasteiger partial charge < -0.3 is 10.3 Å². The topological polar surface area (TPSA) is 30.9 Å². The van der Waals surface area contributed by atoms with E-state index in [1.54, 1.807) is 0 Å². The van der Waals surface area contributed by atoms with Gasteiger partial charge in [-0.05, 0) is 50.3 Å². The van der Waals surface area contributed by atoms with Crippen molar-refractivity contribution in [3.63, 3.8) is 0 Å². The average Bonchev–Trinajstić information content (AvgIpc) is 3.09. The lowest BCUT2D eigenvalue weighted by molar-refractivity contribution is 0.697. The molecule has 3 rings (SSSR count). The Morgan fingerprint density at radius 2 is 1.89 bits per heavy atom. The van der Waals surface area contributed by atoms with E-state index in [1.807, 2.05) is 0 Å². The van der Waals surface area contributed by atoms with Crippen LogP contribution in [0.25, 0.3) is 10.9 Å². The van der Waals surface area contributed by atoms with E-state index >= 15 is 0 Å². The fraction of sp³-hybridized carbons (Fsp3) is 0.500. The molecule has 2 N–H and O–H groups in total. The fourth-order valence-electron chi connectivity index (χ4n) is 3.34. The van der Waals surface area contributed by atoms with E-state index in [-0.39, 0.29) is 5.41 Å². The maximum absolute atomic E-state index is 6.03. The van der Waals surface area contributed by atoms with Gasteiger partial charge in [-0.25, -0.2) is 0 Å². The molecule has 1 fully saturated rings. The maximum atomic E-state index is 6.03. The molecule has 2 aromatic rings. The predicted molar refractivity (Wildman–Crippen MR) is 77.1 cm³/mol. The average molecular weight is 242 g/mol. The number of benzene rings is 1. The highest BCUT2D eigenvalue weighted by atomic mass is 15.0. The van der Waals surface area contributed by atoms with Crippen molar-refractivity contribution in [2.75, 3.05) is 6.54 Å². The van der Waals surface area contributed by atoms with Crippen LogP contribution in [-0.4, -0.2) is 11.1 Å². The third kappa shape index (κ3) is 1.33. The Morgan fingerprint density at radius 3 is 2.44 bits per heavy atom. The molecule has 2 nitrogen and oxygen atoms in total. The summed E-state index contributed by atoms with van der Waals surface area (Å²) < 4.78 is 2.35. The number of aryl methyl sites for hydroxylation is 3. The van der Waals surface area contributed by atoms with E-state index in [0.717, 1.165) is 6.54 Å². The second kappa shape index (κ2) is 3.61. The van der Waals surface area contributed by atoms with Crippen LogP contribution in [0.3, 0.4) is 0 Å². The van der Waals surface area contributed by atoms with Crippen molar-refractivity contribution in [2.45, 2.75) is 39.0 Å². The van der Waals surface area contributed by atoms with Gasteiger partial charge in [-0.15, -0.1) is 0 Å². The van der Waals surface area contributed by atoms with Gasteiger partial charge in [0.2, 0.25) is 0 Å². The summed E-state index contributed by atoms with van der Waals surface area (Å²) in [5, 5.41) is 1.42. The summed E-state index contributed by atoms with van der Waals surface area (Å²) in [5.74, 6) is 0. The summed E-state index contributed by atoms with van der Waals surface area (Å²) >= 11 is 0. The zero-order valence-corrected chi connectivity index (χ0v) is 11.8. The molecule has 1 heterocycles. The molecule has 0 radical (unpaired) electrons.